The molecule has 10 heavy (non-hydrogen) atoms. The minimum absolute atomic E-state index is 0.892. The monoisotopic (exact) mass is 137 g/mol. The van der Waals surface area contributed by atoms with Crippen LogP contribution in [0.1, 0.15) is 19.3 Å². The van der Waals surface area contributed by atoms with Crippen LogP contribution in [0.4, 0.5) is 0 Å². The lowest BCUT2D eigenvalue weighted by atomic mass is 10.3. The zero-order valence-electron chi connectivity index (χ0n) is 6.64. The van der Waals surface area contributed by atoms with Crippen LogP contribution < -0.4 is 0 Å². The SMILES string of the molecule is C#CCCN(C)CC1CC1. The Balaban J connectivity index is 1.97. The van der Waals surface area contributed by atoms with Gasteiger partial charge in [-0.1, -0.05) is 0 Å². The Morgan fingerprint density at radius 3 is 2.80 bits per heavy atom. The molecule has 1 rings (SSSR count). The fourth-order valence-electron chi connectivity index (χ4n) is 1.09. The maximum Gasteiger partial charge on any atom is 0.0214 e. The summed E-state index contributed by atoms with van der Waals surface area (Å²) in [4.78, 5) is 2.33. The van der Waals surface area contributed by atoms with Crippen molar-refractivity contribution < 1.29 is 0 Å². The van der Waals surface area contributed by atoms with Gasteiger partial charge >= 0.3 is 0 Å². The number of hydrogen-bond donors (Lipinski definition) is 0. The lowest BCUT2D eigenvalue weighted by Crippen LogP contribution is -2.21. The van der Waals surface area contributed by atoms with Crippen LogP contribution in [0.5, 0.6) is 0 Å². The summed E-state index contributed by atoms with van der Waals surface area (Å²) in [5, 5.41) is 0. The molecular formula is C9H15N. The van der Waals surface area contributed by atoms with E-state index in [4.69, 9.17) is 6.42 Å². The number of hydrogen-bond acceptors (Lipinski definition) is 1. The van der Waals surface area contributed by atoms with E-state index in [-0.39, 0.29) is 0 Å². The second-order valence-corrected chi connectivity index (χ2v) is 3.16. The topological polar surface area (TPSA) is 3.24 Å². The van der Waals surface area contributed by atoms with Crippen LogP contribution in [0, 0.1) is 18.3 Å². The van der Waals surface area contributed by atoms with Gasteiger partial charge in [0.2, 0.25) is 0 Å². The molecule has 0 unspecified atom stereocenters. The van der Waals surface area contributed by atoms with Gasteiger partial charge in [-0.3, -0.25) is 0 Å². The second-order valence-electron chi connectivity index (χ2n) is 3.16. The van der Waals surface area contributed by atoms with Crippen LogP contribution >= 0.6 is 0 Å². The van der Waals surface area contributed by atoms with Gasteiger partial charge in [-0.05, 0) is 25.8 Å². The molecule has 0 amide bonds. The van der Waals surface area contributed by atoms with Crippen molar-refractivity contribution in [2.75, 3.05) is 20.1 Å². The normalized spacial score (nSPS) is 17.3. The third-order valence-electron chi connectivity index (χ3n) is 1.90. The van der Waals surface area contributed by atoms with Crippen LogP contribution in [-0.2, 0) is 0 Å². The molecule has 1 aliphatic carbocycles. The van der Waals surface area contributed by atoms with E-state index in [1.165, 1.54) is 19.4 Å². The first-order chi connectivity index (χ1) is 4.83. The van der Waals surface area contributed by atoms with E-state index in [1.807, 2.05) is 0 Å². The van der Waals surface area contributed by atoms with Gasteiger partial charge in [0.1, 0.15) is 0 Å². The van der Waals surface area contributed by atoms with Gasteiger partial charge in [0.15, 0.2) is 0 Å². The highest BCUT2D eigenvalue weighted by molar-refractivity contribution is 4.85. The van der Waals surface area contributed by atoms with Gasteiger partial charge in [0, 0.05) is 19.5 Å². The highest BCUT2D eigenvalue weighted by Crippen LogP contribution is 2.29. The predicted molar refractivity (Wildman–Crippen MR) is 43.7 cm³/mol. The first-order valence-electron chi connectivity index (χ1n) is 3.95. The number of terminal acetylenes is 1. The van der Waals surface area contributed by atoms with Crippen molar-refractivity contribution in [2.45, 2.75) is 19.3 Å². The molecule has 0 atom stereocenters. The van der Waals surface area contributed by atoms with E-state index in [1.54, 1.807) is 0 Å². The zero-order chi connectivity index (χ0) is 7.40. The summed E-state index contributed by atoms with van der Waals surface area (Å²) in [5.41, 5.74) is 0. The van der Waals surface area contributed by atoms with Crippen molar-refractivity contribution in [1.29, 1.82) is 0 Å². The highest BCUT2D eigenvalue weighted by Gasteiger charge is 2.22. The van der Waals surface area contributed by atoms with Crippen molar-refractivity contribution in [3.05, 3.63) is 0 Å². The summed E-state index contributed by atoms with van der Waals surface area (Å²) in [7, 11) is 2.15. The van der Waals surface area contributed by atoms with Crippen molar-refractivity contribution >= 4 is 0 Å². The fraction of sp³-hybridized carbons (Fsp3) is 0.778. The quantitative estimate of drug-likeness (QED) is 0.529. The average Bonchev–Trinajstić information content (AvgIpc) is 2.67. The van der Waals surface area contributed by atoms with Gasteiger partial charge < -0.3 is 4.90 Å². The molecule has 0 aliphatic heterocycles. The Morgan fingerprint density at radius 2 is 2.30 bits per heavy atom. The molecule has 1 nitrogen and oxygen atoms in total. The predicted octanol–water partition coefficient (Wildman–Crippen LogP) is 1.35. The minimum atomic E-state index is 0.892. The van der Waals surface area contributed by atoms with E-state index < -0.39 is 0 Å². The van der Waals surface area contributed by atoms with Crippen LogP contribution in [0.3, 0.4) is 0 Å². The summed E-state index contributed by atoms with van der Waals surface area (Å²) in [6.07, 6.45) is 8.90. The Bertz CT molecular complexity index is 130. The van der Waals surface area contributed by atoms with Gasteiger partial charge in [0.25, 0.3) is 0 Å². The number of rotatable bonds is 4. The number of nitrogens with zero attached hydrogens (tertiary/aromatic N) is 1. The maximum atomic E-state index is 5.15. The Kier molecular flexibility index (Phi) is 2.77. The molecule has 0 bridgehead atoms. The summed E-state index contributed by atoms with van der Waals surface area (Å²) in [6, 6.07) is 0. The van der Waals surface area contributed by atoms with Crippen molar-refractivity contribution in [2.24, 2.45) is 5.92 Å². The zero-order valence-corrected chi connectivity index (χ0v) is 6.64. The van der Waals surface area contributed by atoms with Crippen molar-refractivity contribution in [1.82, 2.24) is 4.90 Å². The second kappa shape index (κ2) is 3.63. The highest BCUT2D eigenvalue weighted by atomic mass is 15.1. The first kappa shape index (κ1) is 7.63. The van der Waals surface area contributed by atoms with E-state index in [9.17, 15) is 0 Å². The molecule has 1 saturated carbocycles. The molecule has 1 fully saturated rings. The molecule has 56 valence electrons. The maximum absolute atomic E-state index is 5.15. The van der Waals surface area contributed by atoms with Crippen LogP contribution in [0.2, 0.25) is 0 Å². The van der Waals surface area contributed by atoms with E-state index in [0.29, 0.717) is 0 Å². The summed E-state index contributed by atoms with van der Waals surface area (Å²) in [6.45, 7) is 2.31. The van der Waals surface area contributed by atoms with Gasteiger partial charge in [0.05, 0.1) is 0 Å². The molecule has 0 N–H and O–H groups in total. The standard InChI is InChI=1S/C9H15N/c1-3-4-7-10(2)8-9-5-6-9/h1,9H,4-8H2,2H3. The van der Waals surface area contributed by atoms with Gasteiger partial charge in [-0.15, -0.1) is 12.3 Å². The summed E-state index contributed by atoms with van der Waals surface area (Å²) < 4.78 is 0. The third-order valence-corrected chi connectivity index (χ3v) is 1.90. The lowest BCUT2D eigenvalue weighted by molar-refractivity contribution is 0.328. The average molecular weight is 137 g/mol. The summed E-state index contributed by atoms with van der Waals surface area (Å²) >= 11 is 0. The Hall–Kier alpha value is -0.480. The van der Waals surface area contributed by atoms with E-state index in [0.717, 1.165) is 18.9 Å². The molecule has 0 aromatic heterocycles. The molecule has 0 spiro atoms. The first-order valence-corrected chi connectivity index (χ1v) is 3.95. The Morgan fingerprint density at radius 1 is 1.60 bits per heavy atom. The molecule has 0 radical (unpaired) electrons. The molecule has 0 aromatic carbocycles. The van der Waals surface area contributed by atoms with E-state index >= 15 is 0 Å². The lowest BCUT2D eigenvalue weighted by Gasteiger charge is -2.13. The van der Waals surface area contributed by atoms with Crippen LogP contribution in [0.15, 0.2) is 0 Å². The molecule has 1 heteroatoms. The van der Waals surface area contributed by atoms with Crippen LogP contribution in [-0.4, -0.2) is 25.0 Å². The van der Waals surface area contributed by atoms with Crippen LogP contribution in [0.25, 0.3) is 0 Å². The molecule has 0 saturated heterocycles. The van der Waals surface area contributed by atoms with Gasteiger partial charge in [-0.2, -0.15) is 0 Å². The van der Waals surface area contributed by atoms with E-state index in [2.05, 4.69) is 17.9 Å². The molecule has 1 aliphatic rings. The summed E-state index contributed by atoms with van der Waals surface area (Å²) in [5.74, 6) is 3.64. The third kappa shape index (κ3) is 2.89. The molecule has 0 aromatic rings. The van der Waals surface area contributed by atoms with Gasteiger partial charge in [-0.25, -0.2) is 0 Å². The smallest absolute Gasteiger partial charge is 0.0214 e. The molecule has 0 heterocycles. The molecular weight excluding hydrogens is 122 g/mol. The van der Waals surface area contributed by atoms with Crippen molar-refractivity contribution in [3.63, 3.8) is 0 Å². The Labute approximate surface area is 63.4 Å². The fourth-order valence-corrected chi connectivity index (χ4v) is 1.09. The van der Waals surface area contributed by atoms with Crippen molar-refractivity contribution in [3.8, 4) is 12.3 Å². The largest absolute Gasteiger partial charge is 0.305 e. The minimum Gasteiger partial charge on any atom is -0.305 e.